The van der Waals surface area contributed by atoms with E-state index in [1.54, 1.807) is 30.3 Å². The van der Waals surface area contributed by atoms with Crippen molar-refractivity contribution in [3.63, 3.8) is 0 Å². The molecule has 0 saturated heterocycles. The summed E-state index contributed by atoms with van der Waals surface area (Å²) in [6.07, 6.45) is 0. The van der Waals surface area contributed by atoms with E-state index < -0.39 is 5.24 Å². The maximum absolute atomic E-state index is 10.8. The fraction of sp³-hybridized carbons (Fsp3) is 0.0833. The zero-order chi connectivity index (χ0) is 12.3. The van der Waals surface area contributed by atoms with Gasteiger partial charge in [-0.2, -0.15) is 0 Å². The second-order valence-electron chi connectivity index (χ2n) is 3.28. The van der Waals surface area contributed by atoms with E-state index in [4.69, 9.17) is 32.4 Å². The second kappa shape index (κ2) is 5.25. The molecule has 0 radical (unpaired) electrons. The summed E-state index contributed by atoms with van der Waals surface area (Å²) >= 11 is 11.0. The Morgan fingerprint density at radius 1 is 1.18 bits per heavy atom. The van der Waals surface area contributed by atoms with Crippen molar-refractivity contribution in [3.05, 3.63) is 52.9 Å². The lowest BCUT2D eigenvalue weighted by atomic mass is 10.3. The molecule has 2 aromatic rings. The number of hydrogen-bond acceptors (Lipinski definition) is 3. The zero-order valence-electron chi connectivity index (χ0n) is 8.65. The molecule has 5 heteroatoms. The van der Waals surface area contributed by atoms with Crippen LogP contribution in [0.1, 0.15) is 16.3 Å². The highest BCUT2D eigenvalue weighted by molar-refractivity contribution is 6.67. The van der Waals surface area contributed by atoms with Crippen LogP contribution in [0.25, 0.3) is 0 Å². The summed E-state index contributed by atoms with van der Waals surface area (Å²) in [5.74, 6) is 1.31. The molecule has 0 bridgehead atoms. The van der Waals surface area contributed by atoms with Gasteiger partial charge in [0.1, 0.15) is 18.1 Å². The van der Waals surface area contributed by atoms with Crippen LogP contribution in [0.5, 0.6) is 5.75 Å². The van der Waals surface area contributed by atoms with Crippen LogP contribution in [0.15, 0.2) is 40.8 Å². The fourth-order valence-corrected chi connectivity index (χ4v) is 1.47. The number of ether oxygens (including phenoxy) is 1. The van der Waals surface area contributed by atoms with E-state index in [0.717, 1.165) is 0 Å². The first-order chi connectivity index (χ1) is 8.15. The topological polar surface area (TPSA) is 39.4 Å². The van der Waals surface area contributed by atoms with Crippen LogP contribution in [-0.2, 0) is 6.61 Å². The molecular formula is C12H8Cl2O3. The Balaban J connectivity index is 1.97. The Hall–Kier alpha value is -1.45. The number of furan rings is 1. The van der Waals surface area contributed by atoms with E-state index in [0.29, 0.717) is 16.5 Å². The Bertz CT molecular complexity index is 517. The molecule has 2 rings (SSSR count). The minimum absolute atomic E-state index is 0.112. The Kier molecular flexibility index (Phi) is 3.71. The lowest BCUT2D eigenvalue weighted by Gasteiger charge is -2.03. The van der Waals surface area contributed by atoms with E-state index in [1.807, 2.05) is 0 Å². The lowest BCUT2D eigenvalue weighted by molar-refractivity contribution is 0.105. The van der Waals surface area contributed by atoms with Gasteiger partial charge in [-0.3, -0.25) is 4.79 Å². The van der Waals surface area contributed by atoms with E-state index in [9.17, 15) is 4.79 Å². The van der Waals surface area contributed by atoms with E-state index in [2.05, 4.69) is 0 Å². The van der Waals surface area contributed by atoms with Crippen molar-refractivity contribution in [1.82, 2.24) is 0 Å². The van der Waals surface area contributed by atoms with E-state index in [-0.39, 0.29) is 12.4 Å². The fourth-order valence-electron chi connectivity index (χ4n) is 1.25. The number of carbonyl (C=O) groups excluding carboxylic acids is 1. The molecule has 0 unspecified atom stereocenters. The summed E-state index contributed by atoms with van der Waals surface area (Å²) in [6, 6.07) is 10.1. The molecule has 1 aromatic carbocycles. The summed E-state index contributed by atoms with van der Waals surface area (Å²) in [5, 5.41) is 0.0214. The van der Waals surface area contributed by atoms with Crippen molar-refractivity contribution in [3.8, 4) is 5.75 Å². The van der Waals surface area contributed by atoms with Gasteiger partial charge in [-0.05, 0) is 48.0 Å². The molecule has 1 aromatic heterocycles. The zero-order valence-corrected chi connectivity index (χ0v) is 10.2. The van der Waals surface area contributed by atoms with Crippen LogP contribution in [0, 0.1) is 0 Å². The molecule has 17 heavy (non-hydrogen) atoms. The molecule has 0 atom stereocenters. The molecule has 0 spiro atoms. The molecule has 0 saturated carbocycles. The summed E-state index contributed by atoms with van der Waals surface area (Å²) in [6.45, 7) is 0.228. The summed E-state index contributed by atoms with van der Waals surface area (Å²) < 4.78 is 10.6. The van der Waals surface area contributed by atoms with Gasteiger partial charge < -0.3 is 9.15 Å². The third-order valence-electron chi connectivity index (χ3n) is 2.05. The number of rotatable bonds is 4. The summed E-state index contributed by atoms with van der Waals surface area (Å²) in [5.41, 5.74) is 0. The standard InChI is InChI=1S/C12H8Cl2O3/c13-8-1-3-9(4-2-8)16-7-10-5-6-11(17-10)12(14)15/h1-6H,7H2. The van der Waals surface area contributed by atoms with E-state index >= 15 is 0 Å². The van der Waals surface area contributed by atoms with Gasteiger partial charge in [-0.15, -0.1) is 0 Å². The molecule has 0 N–H and O–H groups in total. The van der Waals surface area contributed by atoms with Crippen molar-refractivity contribution < 1.29 is 13.9 Å². The molecule has 0 amide bonds. The highest BCUT2D eigenvalue weighted by atomic mass is 35.5. The predicted molar refractivity (Wildman–Crippen MR) is 64.7 cm³/mol. The van der Waals surface area contributed by atoms with Crippen molar-refractivity contribution in [2.24, 2.45) is 0 Å². The molecule has 88 valence electrons. The van der Waals surface area contributed by atoms with Crippen LogP contribution >= 0.6 is 23.2 Å². The van der Waals surface area contributed by atoms with Gasteiger partial charge in [0.15, 0.2) is 5.76 Å². The largest absolute Gasteiger partial charge is 0.486 e. The number of benzene rings is 1. The SMILES string of the molecule is O=C(Cl)c1ccc(COc2ccc(Cl)cc2)o1. The van der Waals surface area contributed by atoms with Crippen LogP contribution in [-0.4, -0.2) is 5.24 Å². The number of hydrogen-bond donors (Lipinski definition) is 0. The van der Waals surface area contributed by atoms with Gasteiger partial charge in [0.2, 0.25) is 0 Å². The van der Waals surface area contributed by atoms with Gasteiger partial charge in [-0.1, -0.05) is 11.6 Å². The van der Waals surface area contributed by atoms with Gasteiger partial charge in [0.05, 0.1) is 0 Å². The Morgan fingerprint density at radius 3 is 2.47 bits per heavy atom. The summed E-state index contributed by atoms with van der Waals surface area (Å²) in [7, 11) is 0. The maximum atomic E-state index is 10.8. The molecule has 0 fully saturated rings. The molecule has 1 heterocycles. The van der Waals surface area contributed by atoms with Crippen molar-refractivity contribution in [1.29, 1.82) is 0 Å². The van der Waals surface area contributed by atoms with Gasteiger partial charge in [0.25, 0.3) is 5.24 Å². The average molecular weight is 271 g/mol. The van der Waals surface area contributed by atoms with Crippen LogP contribution in [0.2, 0.25) is 5.02 Å². The Labute approximate surface area is 108 Å². The molecule has 0 aliphatic rings. The Morgan fingerprint density at radius 2 is 1.88 bits per heavy atom. The number of carbonyl (C=O) groups is 1. The smallest absolute Gasteiger partial charge is 0.287 e. The molecule has 0 aliphatic heterocycles. The van der Waals surface area contributed by atoms with Crippen LogP contribution in [0.3, 0.4) is 0 Å². The van der Waals surface area contributed by atoms with Crippen LogP contribution < -0.4 is 4.74 Å². The van der Waals surface area contributed by atoms with Gasteiger partial charge >= 0.3 is 0 Å². The minimum atomic E-state index is -0.622. The molecular weight excluding hydrogens is 263 g/mol. The highest BCUT2D eigenvalue weighted by Gasteiger charge is 2.08. The number of halogens is 2. The third-order valence-corrected chi connectivity index (χ3v) is 2.49. The van der Waals surface area contributed by atoms with Gasteiger partial charge in [0, 0.05) is 5.02 Å². The molecule has 0 aliphatic carbocycles. The second-order valence-corrected chi connectivity index (χ2v) is 4.06. The average Bonchev–Trinajstić information content (AvgIpc) is 2.77. The maximum Gasteiger partial charge on any atom is 0.287 e. The van der Waals surface area contributed by atoms with Crippen molar-refractivity contribution in [2.75, 3.05) is 0 Å². The predicted octanol–water partition coefficient (Wildman–Crippen LogP) is 3.89. The van der Waals surface area contributed by atoms with Crippen molar-refractivity contribution in [2.45, 2.75) is 6.61 Å². The normalized spacial score (nSPS) is 10.2. The molecule has 3 nitrogen and oxygen atoms in total. The van der Waals surface area contributed by atoms with E-state index in [1.165, 1.54) is 6.07 Å². The monoisotopic (exact) mass is 270 g/mol. The summed E-state index contributed by atoms with van der Waals surface area (Å²) in [4.78, 5) is 10.8. The lowest BCUT2D eigenvalue weighted by Crippen LogP contribution is -1.93. The first-order valence-electron chi connectivity index (χ1n) is 4.82. The quantitative estimate of drug-likeness (QED) is 0.792. The third kappa shape index (κ3) is 3.25. The van der Waals surface area contributed by atoms with Crippen molar-refractivity contribution >= 4 is 28.4 Å². The minimum Gasteiger partial charge on any atom is -0.486 e. The first kappa shape index (κ1) is 12.0. The van der Waals surface area contributed by atoms with Crippen LogP contribution in [0.4, 0.5) is 0 Å². The van der Waals surface area contributed by atoms with Gasteiger partial charge in [-0.25, -0.2) is 0 Å². The first-order valence-corrected chi connectivity index (χ1v) is 5.57. The highest BCUT2D eigenvalue weighted by Crippen LogP contribution is 2.18.